The Kier molecular flexibility index (Phi) is 4.45. The lowest BCUT2D eigenvalue weighted by molar-refractivity contribution is -0.117. The highest BCUT2D eigenvalue weighted by molar-refractivity contribution is 6.32. The van der Waals surface area contributed by atoms with Crippen molar-refractivity contribution in [3.63, 3.8) is 0 Å². The first kappa shape index (κ1) is 14.6. The van der Waals surface area contributed by atoms with Crippen molar-refractivity contribution >= 4 is 23.1 Å². The van der Waals surface area contributed by atoms with Crippen LogP contribution in [-0.4, -0.2) is 15.6 Å². The lowest BCUT2D eigenvalue weighted by Gasteiger charge is -2.03. The Morgan fingerprint density at radius 2 is 1.95 bits per heavy atom. The molecule has 4 nitrogen and oxygen atoms in total. The Morgan fingerprint density at radius 3 is 2.50 bits per heavy atom. The van der Waals surface area contributed by atoms with Crippen LogP contribution in [0.1, 0.15) is 23.9 Å². The number of hydrogen-bond acceptors (Lipinski definition) is 3. The van der Waals surface area contributed by atoms with E-state index < -0.39 is 0 Å². The number of rotatable bonds is 5. The van der Waals surface area contributed by atoms with E-state index in [1.807, 2.05) is 26.1 Å². The van der Waals surface area contributed by atoms with Crippen molar-refractivity contribution in [2.24, 2.45) is 7.05 Å². The van der Waals surface area contributed by atoms with E-state index >= 15 is 0 Å². The van der Waals surface area contributed by atoms with Crippen LogP contribution in [0, 0.1) is 0 Å². The van der Waals surface area contributed by atoms with E-state index in [0.717, 1.165) is 23.4 Å². The monoisotopic (exact) mass is 291 g/mol. The first-order valence-corrected chi connectivity index (χ1v) is 6.95. The number of Topliss-reactive ketones (excluding diaryl/α,β-unsaturated/α-hetero) is 1. The fraction of sp³-hybridized carbons (Fsp3) is 0.333. The number of benzene rings is 1. The molecule has 1 heterocycles. The molecule has 2 N–H and O–H groups in total. The molecule has 1 aromatic heterocycles. The molecule has 0 aliphatic carbocycles. The fourth-order valence-electron chi connectivity index (χ4n) is 2.12. The molecule has 106 valence electrons. The molecule has 1 aromatic carbocycles. The molecule has 0 fully saturated rings. The van der Waals surface area contributed by atoms with Gasteiger partial charge in [0.1, 0.15) is 5.78 Å². The maximum Gasteiger partial charge on any atom is 0.143 e. The number of nitrogens with two attached hydrogens (primary N) is 1. The summed E-state index contributed by atoms with van der Waals surface area (Å²) in [6, 6.07) is 7.34. The maximum atomic E-state index is 12.1. The topological polar surface area (TPSA) is 60.9 Å². The smallest absolute Gasteiger partial charge is 0.143 e. The van der Waals surface area contributed by atoms with Gasteiger partial charge in [0, 0.05) is 19.2 Å². The number of nitrogens with zero attached hydrogens (tertiary/aromatic N) is 2. The molecule has 0 aliphatic heterocycles. The summed E-state index contributed by atoms with van der Waals surface area (Å²) in [4.78, 5) is 12.1. The molecule has 0 radical (unpaired) electrons. The van der Waals surface area contributed by atoms with Crippen LogP contribution in [-0.2, 0) is 31.1 Å². The van der Waals surface area contributed by atoms with Crippen molar-refractivity contribution < 1.29 is 4.79 Å². The van der Waals surface area contributed by atoms with Crippen LogP contribution >= 0.6 is 11.6 Å². The van der Waals surface area contributed by atoms with Crippen LogP contribution in [0.2, 0.25) is 5.02 Å². The Balaban J connectivity index is 2.08. The minimum Gasteiger partial charge on any atom is -0.399 e. The second kappa shape index (κ2) is 6.09. The summed E-state index contributed by atoms with van der Waals surface area (Å²) >= 11 is 6.25. The summed E-state index contributed by atoms with van der Waals surface area (Å²) in [5.41, 5.74) is 8.90. The van der Waals surface area contributed by atoms with Crippen LogP contribution in [0.3, 0.4) is 0 Å². The van der Waals surface area contributed by atoms with Gasteiger partial charge < -0.3 is 5.73 Å². The summed E-state index contributed by atoms with van der Waals surface area (Å²) in [5, 5.41) is 4.93. The van der Waals surface area contributed by atoms with Gasteiger partial charge >= 0.3 is 0 Å². The molecule has 20 heavy (non-hydrogen) atoms. The molecule has 2 rings (SSSR count). The van der Waals surface area contributed by atoms with Gasteiger partial charge in [-0.1, -0.05) is 30.7 Å². The van der Waals surface area contributed by atoms with Gasteiger partial charge in [-0.3, -0.25) is 9.48 Å². The van der Waals surface area contributed by atoms with E-state index in [0.29, 0.717) is 23.6 Å². The Hall–Kier alpha value is -1.81. The lowest BCUT2D eigenvalue weighted by Crippen LogP contribution is -2.10. The Labute approximate surface area is 123 Å². The van der Waals surface area contributed by atoms with E-state index in [-0.39, 0.29) is 5.78 Å². The van der Waals surface area contributed by atoms with Gasteiger partial charge in [0.25, 0.3) is 0 Å². The molecule has 0 spiro atoms. The molecule has 0 aliphatic rings. The van der Waals surface area contributed by atoms with Crippen molar-refractivity contribution in [2.45, 2.75) is 26.2 Å². The SMILES string of the molecule is CCc1nn(C)c(CC(=O)Cc2ccc(N)cc2)c1Cl. The fourth-order valence-corrected chi connectivity index (χ4v) is 2.48. The largest absolute Gasteiger partial charge is 0.399 e. The molecule has 0 amide bonds. The van der Waals surface area contributed by atoms with Crippen LogP contribution in [0.5, 0.6) is 0 Å². The zero-order valence-corrected chi connectivity index (χ0v) is 12.4. The number of carbonyl (C=O) groups excluding carboxylic acids is 1. The van der Waals surface area contributed by atoms with Gasteiger partial charge in [-0.2, -0.15) is 5.10 Å². The highest BCUT2D eigenvalue weighted by atomic mass is 35.5. The maximum absolute atomic E-state index is 12.1. The van der Waals surface area contributed by atoms with Crippen molar-refractivity contribution in [3.05, 3.63) is 46.2 Å². The van der Waals surface area contributed by atoms with Gasteiger partial charge in [-0.15, -0.1) is 0 Å². The van der Waals surface area contributed by atoms with Crippen molar-refractivity contribution in [1.29, 1.82) is 0 Å². The summed E-state index contributed by atoms with van der Waals surface area (Å²) in [6.45, 7) is 1.99. The standard InChI is InChI=1S/C15H18ClN3O/c1-3-13-15(16)14(19(2)18-13)9-12(20)8-10-4-6-11(17)7-5-10/h4-7H,3,8-9,17H2,1-2H3. The molecule has 2 aromatic rings. The molecular weight excluding hydrogens is 274 g/mol. The van der Waals surface area contributed by atoms with Crippen LogP contribution in [0.15, 0.2) is 24.3 Å². The first-order chi connectivity index (χ1) is 9.51. The number of aromatic nitrogens is 2. The normalized spacial score (nSPS) is 10.8. The highest BCUT2D eigenvalue weighted by Gasteiger charge is 2.16. The quantitative estimate of drug-likeness (QED) is 0.861. The molecule has 0 atom stereocenters. The number of hydrogen-bond donors (Lipinski definition) is 1. The van der Waals surface area contributed by atoms with E-state index in [1.165, 1.54) is 0 Å². The molecule has 0 saturated heterocycles. The third-order valence-corrected chi connectivity index (χ3v) is 3.68. The minimum atomic E-state index is 0.113. The number of aryl methyl sites for hydroxylation is 2. The number of anilines is 1. The van der Waals surface area contributed by atoms with Crippen molar-refractivity contribution in [1.82, 2.24) is 9.78 Å². The number of ketones is 1. The lowest BCUT2D eigenvalue weighted by atomic mass is 10.1. The van der Waals surface area contributed by atoms with Crippen LogP contribution in [0.4, 0.5) is 5.69 Å². The molecule has 0 unspecified atom stereocenters. The predicted octanol–water partition coefficient (Wildman–Crippen LogP) is 2.57. The van der Waals surface area contributed by atoms with Crippen LogP contribution < -0.4 is 5.73 Å². The number of carbonyl (C=O) groups is 1. The van der Waals surface area contributed by atoms with E-state index in [4.69, 9.17) is 17.3 Å². The molecule has 0 saturated carbocycles. The molecule has 5 heteroatoms. The summed E-state index contributed by atoms with van der Waals surface area (Å²) in [6.07, 6.45) is 1.44. The van der Waals surface area contributed by atoms with Gasteiger partial charge in [-0.05, 0) is 24.1 Å². The summed E-state index contributed by atoms with van der Waals surface area (Å²) < 4.78 is 1.70. The van der Waals surface area contributed by atoms with Crippen molar-refractivity contribution in [3.8, 4) is 0 Å². The van der Waals surface area contributed by atoms with Crippen molar-refractivity contribution in [2.75, 3.05) is 5.73 Å². The van der Waals surface area contributed by atoms with Gasteiger partial charge in [0.05, 0.1) is 22.8 Å². The third-order valence-electron chi connectivity index (χ3n) is 3.25. The predicted molar refractivity (Wildman–Crippen MR) is 80.9 cm³/mol. The van der Waals surface area contributed by atoms with E-state index in [9.17, 15) is 4.79 Å². The summed E-state index contributed by atoms with van der Waals surface area (Å²) in [5.74, 6) is 0.113. The highest BCUT2D eigenvalue weighted by Crippen LogP contribution is 2.21. The Bertz CT molecular complexity index is 617. The molecular formula is C15H18ClN3O. The number of halogens is 1. The molecule has 0 bridgehead atoms. The van der Waals surface area contributed by atoms with Gasteiger partial charge in [0.2, 0.25) is 0 Å². The minimum absolute atomic E-state index is 0.113. The third kappa shape index (κ3) is 3.20. The summed E-state index contributed by atoms with van der Waals surface area (Å²) in [7, 11) is 1.82. The van der Waals surface area contributed by atoms with E-state index in [1.54, 1.807) is 16.8 Å². The van der Waals surface area contributed by atoms with Gasteiger partial charge in [-0.25, -0.2) is 0 Å². The van der Waals surface area contributed by atoms with Crippen LogP contribution in [0.25, 0.3) is 0 Å². The second-order valence-electron chi connectivity index (χ2n) is 4.82. The average Bonchev–Trinajstić information content (AvgIpc) is 2.69. The Morgan fingerprint density at radius 1 is 1.30 bits per heavy atom. The average molecular weight is 292 g/mol. The number of nitrogen functional groups attached to an aromatic ring is 1. The zero-order valence-electron chi connectivity index (χ0n) is 11.7. The van der Waals surface area contributed by atoms with Gasteiger partial charge in [0.15, 0.2) is 0 Å². The second-order valence-corrected chi connectivity index (χ2v) is 5.20. The first-order valence-electron chi connectivity index (χ1n) is 6.57. The van der Waals surface area contributed by atoms with E-state index in [2.05, 4.69) is 5.10 Å². The zero-order chi connectivity index (χ0) is 14.7.